The average Bonchev–Trinajstić information content (AvgIpc) is 2.36. The van der Waals surface area contributed by atoms with Crippen molar-refractivity contribution in [3.05, 3.63) is 0 Å². The fourth-order valence-corrected chi connectivity index (χ4v) is 1.57. The number of aliphatic hydroxyl groups excluding tert-OH is 3. The molecule has 1 aliphatic heterocycles. The first kappa shape index (κ1) is 21.1. The Bertz CT molecular complexity index is 446. The van der Waals surface area contributed by atoms with Crippen molar-refractivity contribution >= 4 is 16.4 Å². The van der Waals surface area contributed by atoms with E-state index in [-0.39, 0.29) is 0 Å². The Balaban J connectivity index is 0.000000763. The lowest BCUT2D eigenvalue weighted by molar-refractivity contribution is -0.262. The molecular weight excluding hydrogens is 330 g/mol. The normalized spacial score (nSPS) is 33.5. The van der Waals surface area contributed by atoms with E-state index >= 15 is 0 Å². The number of nitrogens with two attached hydrogens (primary N) is 1. The molecule has 0 radical (unpaired) electrons. The topological polar surface area (TPSA) is 217 Å². The van der Waals surface area contributed by atoms with E-state index in [4.69, 9.17) is 42.9 Å². The van der Waals surface area contributed by atoms with E-state index in [0.717, 1.165) is 0 Å². The molecule has 0 aromatic heterocycles. The predicted octanol–water partition coefficient (Wildman–Crippen LogP) is -3.41. The van der Waals surface area contributed by atoms with Crippen LogP contribution < -0.4 is 5.73 Å². The maximum absolute atomic E-state index is 10.6. The summed E-state index contributed by atoms with van der Waals surface area (Å²) in [5.41, 5.74) is 5.54. The fraction of sp³-hybridized carbons (Fsp3) is 0.889. The number of rotatable bonds is 4. The van der Waals surface area contributed by atoms with Crippen LogP contribution in [0.1, 0.15) is 6.92 Å². The first-order valence-electron chi connectivity index (χ1n) is 5.84. The smallest absolute Gasteiger partial charge is 0.394 e. The summed E-state index contributed by atoms with van der Waals surface area (Å²) in [4.78, 5) is 10.6. The largest absolute Gasteiger partial charge is 0.479 e. The van der Waals surface area contributed by atoms with Gasteiger partial charge < -0.3 is 35.6 Å². The molecule has 0 aromatic carbocycles. The predicted molar refractivity (Wildman–Crippen MR) is 68.1 cm³/mol. The third-order valence-electron chi connectivity index (χ3n) is 2.63. The number of hydrogen-bond acceptors (Lipinski definition) is 9. The maximum Gasteiger partial charge on any atom is 0.394 e. The third kappa shape index (κ3) is 7.39. The average molecular weight is 349 g/mol. The standard InChI is InChI=1S/C9H17NO7.H2O4S/c1-3(8(13)14)16-7-5(10)9(15)17-4(2-11)6(7)12;1-5(2,3)4/h3-7,9,11-12,15H,2,10H2,1H3,(H,13,14);(H2,1,2,3,4)/t3?,4-,5-,6-,7-,9?;/m1./s1. The van der Waals surface area contributed by atoms with Gasteiger partial charge in [-0.15, -0.1) is 0 Å². The Kier molecular flexibility index (Phi) is 8.30. The SMILES string of the molecule is CC(O[C@H]1[C@H](O)[C@@H](CO)OC(O)[C@@H]1N)C(=O)O.O=S(=O)(O)O. The van der Waals surface area contributed by atoms with Crippen LogP contribution in [0.15, 0.2) is 0 Å². The van der Waals surface area contributed by atoms with E-state index in [1.54, 1.807) is 0 Å². The number of hydrogen-bond donors (Lipinski definition) is 7. The lowest BCUT2D eigenvalue weighted by atomic mass is 9.97. The molecule has 13 heteroatoms. The molecule has 6 atom stereocenters. The zero-order valence-electron chi connectivity index (χ0n) is 11.4. The molecule has 0 aromatic rings. The maximum atomic E-state index is 10.6. The van der Waals surface area contributed by atoms with Crippen LogP contribution in [0.2, 0.25) is 0 Å². The summed E-state index contributed by atoms with van der Waals surface area (Å²) in [5, 5.41) is 36.8. The van der Waals surface area contributed by atoms with Gasteiger partial charge in [-0.1, -0.05) is 0 Å². The van der Waals surface area contributed by atoms with Gasteiger partial charge in [-0.2, -0.15) is 8.42 Å². The fourth-order valence-electron chi connectivity index (χ4n) is 1.57. The highest BCUT2D eigenvalue weighted by molar-refractivity contribution is 7.79. The molecule has 22 heavy (non-hydrogen) atoms. The van der Waals surface area contributed by atoms with E-state index in [1.807, 2.05) is 0 Å². The third-order valence-corrected chi connectivity index (χ3v) is 2.63. The van der Waals surface area contributed by atoms with Crippen LogP contribution in [0, 0.1) is 0 Å². The zero-order valence-corrected chi connectivity index (χ0v) is 12.2. The van der Waals surface area contributed by atoms with Crippen molar-refractivity contribution in [2.24, 2.45) is 5.73 Å². The molecule has 0 bridgehead atoms. The molecular formula is C9H19NO11S. The van der Waals surface area contributed by atoms with Crippen molar-refractivity contribution in [2.75, 3.05) is 6.61 Å². The molecule has 1 heterocycles. The number of carboxylic acid groups (broad SMARTS) is 1. The first-order chi connectivity index (χ1) is 9.88. The zero-order chi connectivity index (χ0) is 17.7. The van der Waals surface area contributed by atoms with E-state index < -0.39 is 59.7 Å². The second kappa shape index (κ2) is 8.66. The molecule has 132 valence electrons. The molecule has 0 saturated carbocycles. The van der Waals surface area contributed by atoms with Crippen LogP contribution in [0.4, 0.5) is 0 Å². The molecule has 1 aliphatic rings. The Labute approximate surface area is 125 Å². The molecule has 1 fully saturated rings. The summed E-state index contributed by atoms with van der Waals surface area (Å²) in [6.07, 6.45) is -6.11. The van der Waals surface area contributed by atoms with Crippen molar-refractivity contribution in [1.82, 2.24) is 0 Å². The van der Waals surface area contributed by atoms with Crippen LogP contribution in [0.25, 0.3) is 0 Å². The van der Waals surface area contributed by atoms with Crippen LogP contribution in [-0.2, 0) is 24.7 Å². The summed E-state index contributed by atoms with van der Waals surface area (Å²) >= 11 is 0. The van der Waals surface area contributed by atoms with Gasteiger partial charge in [0.1, 0.15) is 18.3 Å². The van der Waals surface area contributed by atoms with Crippen molar-refractivity contribution in [2.45, 2.75) is 43.7 Å². The Morgan fingerprint density at radius 2 is 1.82 bits per heavy atom. The first-order valence-corrected chi connectivity index (χ1v) is 7.24. The van der Waals surface area contributed by atoms with Gasteiger partial charge in [0.2, 0.25) is 0 Å². The van der Waals surface area contributed by atoms with Crippen molar-refractivity contribution < 1.29 is 52.2 Å². The number of aliphatic hydroxyl groups is 3. The number of aliphatic carboxylic acids is 1. The van der Waals surface area contributed by atoms with Crippen LogP contribution in [0.5, 0.6) is 0 Å². The second-order valence-electron chi connectivity index (χ2n) is 4.34. The van der Waals surface area contributed by atoms with E-state index in [2.05, 4.69) is 0 Å². The molecule has 0 spiro atoms. The highest BCUT2D eigenvalue weighted by Gasteiger charge is 2.44. The van der Waals surface area contributed by atoms with Crippen LogP contribution >= 0.6 is 0 Å². The van der Waals surface area contributed by atoms with Crippen molar-refractivity contribution in [3.8, 4) is 0 Å². The summed E-state index contributed by atoms with van der Waals surface area (Å²) in [6.45, 7) is 0.740. The molecule has 8 N–H and O–H groups in total. The molecule has 1 saturated heterocycles. The van der Waals surface area contributed by atoms with Gasteiger partial charge in [0, 0.05) is 0 Å². The summed E-state index contributed by atoms with van der Waals surface area (Å²) in [6, 6.07) is -1.09. The quantitative estimate of drug-likeness (QED) is 0.247. The lowest BCUT2D eigenvalue weighted by Gasteiger charge is -2.41. The van der Waals surface area contributed by atoms with E-state index in [9.17, 15) is 15.0 Å². The van der Waals surface area contributed by atoms with Gasteiger partial charge in [0.05, 0.1) is 12.6 Å². The van der Waals surface area contributed by atoms with Gasteiger partial charge in [-0.25, -0.2) is 4.79 Å². The molecule has 1 rings (SSSR count). The number of carboxylic acids is 1. The van der Waals surface area contributed by atoms with Gasteiger partial charge in [-0.3, -0.25) is 9.11 Å². The summed E-state index contributed by atoms with van der Waals surface area (Å²) in [5.74, 6) is -1.22. The van der Waals surface area contributed by atoms with E-state index in [1.165, 1.54) is 6.92 Å². The Morgan fingerprint density at radius 1 is 1.36 bits per heavy atom. The Morgan fingerprint density at radius 3 is 2.18 bits per heavy atom. The molecule has 0 aliphatic carbocycles. The highest BCUT2D eigenvalue weighted by atomic mass is 32.3. The van der Waals surface area contributed by atoms with Crippen LogP contribution in [0.3, 0.4) is 0 Å². The van der Waals surface area contributed by atoms with Gasteiger partial charge in [0.15, 0.2) is 12.4 Å². The highest BCUT2D eigenvalue weighted by Crippen LogP contribution is 2.22. The van der Waals surface area contributed by atoms with Crippen molar-refractivity contribution in [1.29, 1.82) is 0 Å². The van der Waals surface area contributed by atoms with Gasteiger partial charge >= 0.3 is 16.4 Å². The number of carbonyl (C=O) groups is 1. The van der Waals surface area contributed by atoms with Gasteiger partial charge in [0.25, 0.3) is 0 Å². The van der Waals surface area contributed by atoms with Crippen LogP contribution in [-0.4, -0.2) is 87.3 Å². The summed E-state index contributed by atoms with van der Waals surface area (Å²) < 4.78 is 41.5. The number of ether oxygens (including phenoxy) is 2. The Hall–Kier alpha value is -0.900. The second-order valence-corrected chi connectivity index (χ2v) is 5.24. The van der Waals surface area contributed by atoms with Gasteiger partial charge in [-0.05, 0) is 6.92 Å². The monoisotopic (exact) mass is 349 g/mol. The minimum atomic E-state index is -4.67. The van der Waals surface area contributed by atoms with E-state index in [0.29, 0.717) is 0 Å². The minimum Gasteiger partial charge on any atom is -0.479 e. The summed E-state index contributed by atoms with van der Waals surface area (Å²) in [7, 11) is -4.67. The molecule has 2 unspecified atom stereocenters. The molecule has 0 amide bonds. The van der Waals surface area contributed by atoms with Crippen molar-refractivity contribution in [3.63, 3.8) is 0 Å². The lowest BCUT2D eigenvalue weighted by Crippen LogP contribution is -2.63. The molecule has 12 nitrogen and oxygen atoms in total. The minimum absolute atomic E-state index is 0.535.